The first-order valence-corrected chi connectivity index (χ1v) is 7.57. The van der Waals surface area contributed by atoms with Crippen LogP contribution >= 0.6 is 0 Å². The van der Waals surface area contributed by atoms with Gasteiger partial charge in [-0.25, -0.2) is 8.78 Å². The molecule has 118 valence electrons. The van der Waals surface area contributed by atoms with Crippen molar-refractivity contribution in [2.45, 2.75) is 39.0 Å². The molecular formula is C16H24F2N2O. The fraction of sp³-hybridized carbons (Fsp3) is 0.625. The number of hydrogen-bond acceptors (Lipinski definition) is 3. The van der Waals surface area contributed by atoms with Crippen LogP contribution in [0.15, 0.2) is 18.2 Å². The quantitative estimate of drug-likeness (QED) is 0.904. The number of rotatable bonds is 5. The number of hydrogen-bond donors (Lipinski definition) is 1. The molecule has 0 spiro atoms. The van der Waals surface area contributed by atoms with Crippen LogP contribution in [0, 0.1) is 11.6 Å². The number of nitrogens with one attached hydrogen (secondary N) is 1. The molecule has 1 fully saturated rings. The van der Waals surface area contributed by atoms with Gasteiger partial charge in [0.2, 0.25) is 0 Å². The van der Waals surface area contributed by atoms with Gasteiger partial charge in [-0.2, -0.15) is 0 Å². The van der Waals surface area contributed by atoms with E-state index in [1.165, 1.54) is 12.1 Å². The van der Waals surface area contributed by atoms with Gasteiger partial charge in [-0.3, -0.25) is 4.90 Å². The van der Waals surface area contributed by atoms with Crippen molar-refractivity contribution < 1.29 is 13.5 Å². The summed E-state index contributed by atoms with van der Waals surface area (Å²) >= 11 is 0. The summed E-state index contributed by atoms with van der Waals surface area (Å²) in [6.45, 7) is 9.09. The zero-order chi connectivity index (χ0) is 15.4. The Kier molecular flexibility index (Phi) is 5.67. The van der Waals surface area contributed by atoms with Gasteiger partial charge in [-0.05, 0) is 38.6 Å². The molecule has 1 aliphatic heterocycles. The lowest BCUT2D eigenvalue weighted by Crippen LogP contribution is -2.50. The zero-order valence-corrected chi connectivity index (χ0v) is 12.9. The van der Waals surface area contributed by atoms with Crippen molar-refractivity contribution in [3.05, 3.63) is 35.4 Å². The monoisotopic (exact) mass is 298 g/mol. The third-order valence-electron chi connectivity index (χ3n) is 3.94. The highest BCUT2D eigenvalue weighted by atomic mass is 19.1. The van der Waals surface area contributed by atoms with Gasteiger partial charge in [-0.1, -0.05) is 6.92 Å². The molecule has 2 rings (SSSR count). The topological polar surface area (TPSA) is 24.5 Å². The Morgan fingerprint density at radius 3 is 2.81 bits per heavy atom. The molecule has 21 heavy (non-hydrogen) atoms. The number of halogens is 2. The largest absolute Gasteiger partial charge is 0.374 e. The van der Waals surface area contributed by atoms with E-state index >= 15 is 0 Å². The fourth-order valence-electron chi connectivity index (χ4n) is 2.78. The lowest BCUT2D eigenvalue weighted by molar-refractivity contribution is -0.0563. The maximum absolute atomic E-state index is 14.1. The molecule has 0 bridgehead atoms. The molecule has 1 aromatic carbocycles. The number of benzene rings is 1. The maximum Gasteiger partial charge on any atom is 0.128 e. The van der Waals surface area contributed by atoms with Gasteiger partial charge in [0.15, 0.2) is 0 Å². The highest BCUT2D eigenvalue weighted by Gasteiger charge is 2.31. The smallest absolute Gasteiger partial charge is 0.128 e. The van der Waals surface area contributed by atoms with E-state index in [-0.39, 0.29) is 12.1 Å². The highest BCUT2D eigenvalue weighted by Crippen LogP contribution is 2.26. The average molecular weight is 298 g/mol. The van der Waals surface area contributed by atoms with Crippen molar-refractivity contribution in [1.29, 1.82) is 0 Å². The number of ether oxygens (including phenoxy) is 1. The minimum absolute atomic E-state index is 0.183. The van der Waals surface area contributed by atoms with E-state index in [0.717, 1.165) is 12.6 Å². The molecule has 5 heteroatoms. The first-order chi connectivity index (χ1) is 10.0. The van der Waals surface area contributed by atoms with Gasteiger partial charge >= 0.3 is 0 Å². The van der Waals surface area contributed by atoms with Crippen molar-refractivity contribution in [2.24, 2.45) is 0 Å². The van der Waals surface area contributed by atoms with Crippen LogP contribution in [-0.4, -0.2) is 43.3 Å². The Morgan fingerprint density at radius 1 is 1.38 bits per heavy atom. The summed E-state index contributed by atoms with van der Waals surface area (Å²) in [5.74, 6) is -0.821. The van der Waals surface area contributed by atoms with Gasteiger partial charge in [0.05, 0.1) is 18.8 Å². The van der Waals surface area contributed by atoms with Crippen LogP contribution < -0.4 is 5.32 Å². The van der Waals surface area contributed by atoms with Gasteiger partial charge in [0.25, 0.3) is 0 Å². The van der Waals surface area contributed by atoms with Crippen LogP contribution in [0.25, 0.3) is 0 Å². The van der Waals surface area contributed by atoms with E-state index in [2.05, 4.69) is 24.1 Å². The second-order valence-electron chi connectivity index (χ2n) is 5.70. The van der Waals surface area contributed by atoms with Crippen molar-refractivity contribution in [3.63, 3.8) is 0 Å². The molecule has 3 nitrogen and oxygen atoms in total. The second-order valence-corrected chi connectivity index (χ2v) is 5.70. The average Bonchev–Trinajstić information content (AvgIpc) is 2.47. The first-order valence-electron chi connectivity index (χ1n) is 7.57. The van der Waals surface area contributed by atoms with Crippen molar-refractivity contribution in [3.8, 4) is 0 Å². The molecule has 1 aliphatic rings. The van der Waals surface area contributed by atoms with Gasteiger partial charge < -0.3 is 10.1 Å². The van der Waals surface area contributed by atoms with E-state index in [4.69, 9.17) is 4.74 Å². The summed E-state index contributed by atoms with van der Waals surface area (Å²) < 4.78 is 33.4. The zero-order valence-electron chi connectivity index (χ0n) is 12.9. The molecule has 0 aliphatic carbocycles. The van der Waals surface area contributed by atoms with Crippen molar-refractivity contribution in [1.82, 2.24) is 10.2 Å². The summed E-state index contributed by atoms with van der Waals surface area (Å²) in [5, 5.41) is 3.24. The van der Waals surface area contributed by atoms with Crippen LogP contribution in [0.3, 0.4) is 0 Å². The molecule has 0 aromatic heterocycles. The van der Waals surface area contributed by atoms with E-state index in [9.17, 15) is 8.78 Å². The first kappa shape index (κ1) is 16.3. The summed E-state index contributed by atoms with van der Waals surface area (Å²) in [7, 11) is 0. The van der Waals surface area contributed by atoms with Crippen LogP contribution in [0.4, 0.5) is 8.78 Å². The van der Waals surface area contributed by atoms with Crippen LogP contribution in [0.2, 0.25) is 0 Å². The predicted molar refractivity (Wildman–Crippen MR) is 79.2 cm³/mol. The predicted octanol–water partition coefficient (Wildman–Crippen LogP) is 2.72. The number of nitrogens with zero attached hydrogens (tertiary/aromatic N) is 1. The Morgan fingerprint density at radius 2 is 2.14 bits per heavy atom. The van der Waals surface area contributed by atoms with Crippen LogP contribution in [0.1, 0.15) is 32.4 Å². The van der Waals surface area contributed by atoms with Crippen molar-refractivity contribution >= 4 is 0 Å². The van der Waals surface area contributed by atoms with Crippen LogP contribution in [0.5, 0.6) is 0 Å². The van der Waals surface area contributed by atoms with Gasteiger partial charge in [0, 0.05) is 24.7 Å². The molecule has 1 aromatic rings. The standard InChI is InChI=1S/C16H24F2N2O/c1-4-19-16(13-9-12(17)5-6-14(13)18)15-10-20(11(2)3)7-8-21-15/h5-6,9,11,15-16,19H,4,7-8,10H2,1-3H3. The van der Waals surface area contributed by atoms with E-state index in [1.807, 2.05) is 6.92 Å². The van der Waals surface area contributed by atoms with E-state index in [0.29, 0.717) is 31.3 Å². The Bertz CT molecular complexity index is 468. The SMILES string of the molecule is CCNC(c1cc(F)ccc1F)C1CN(C(C)C)CCO1. The van der Waals surface area contributed by atoms with E-state index < -0.39 is 11.6 Å². The van der Waals surface area contributed by atoms with Crippen LogP contribution in [-0.2, 0) is 4.74 Å². The molecule has 1 saturated heterocycles. The summed E-state index contributed by atoms with van der Waals surface area (Å²) in [5.41, 5.74) is 0.340. The lowest BCUT2D eigenvalue weighted by Gasteiger charge is -2.39. The lowest BCUT2D eigenvalue weighted by atomic mass is 9.98. The highest BCUT2D eigenvalue weighted by molar-refractivity contribution is 5.24. The molecular weight excluding hydrogens is 274 g/mol. The Hall–Kier alpha value is -1.04. The number of morpholine rings is 1. The molecule has 0 radical (unpaired) electrons. The Balaban J connectivity index is 2.23. The Labute approximate surface area is 125 Å². The van der Waals surface area contributed by atoms with E-state index in [1.54, 1.807) is 0 Å². The third kappa shape index (κ3) is 3.99. The van der Waals surface area contributed by atoms with Gasteiger partial charge in [0.1, 0.15) is 11.6 Å². The molecule has 2 atom stereocenters. The minimum atomic E-state index is -0.425. The second kappa shape index (κ2) is 7.29. The molecule has 1 heterocycles. The number of likely N-dealkylation sites (N-methyl/N-ethyl adjacent to an activating group) is 1. The molecule has 2 unspecified atom stereocenters. The summed E-state index contributed by atoms with van der Waals surface area (Å²) in [6, 6.07) is 3.66. The third-order valence-corrected chi connectivity index (χ3v) is 3.94. The molecule has 0 amide bonds. The minimum Gasteiger partial charge on any atom is -0.374 e. The summed E-state index contributed by atoms with van der Waals surface area (Å²) in [4.78, 5) is 2.30. The normalized spacial score (nSPS) is 21.7. The molecule has 1 N–H and O–H groups in total. The molecule has 0 saturated carbocycles. The summed E-state index contributed by atoms with van der Waals surface area (Å²) in [6.07, 6.45) is -0.183. The van der Waals surface area contributed by atoms with Crippen molar-refractivity contribution in [2.75, 3.05) is 26.2 Å². The fourth-order valence-corrected chi connectivity index (χ4v) is 2.78. The van der Waals surface area contributed by atoms with Gasteiger partial charge in [-0.15, -0.1) is 0 Å². The maximum atomic E-state index is 14.1.